The minimum atomic E-state index is 0.462. The maximum atomic E-state index is 10.4. The van der Waals surface area contributed by atoms with Gasteiger partial charge in [0, 0.05) is 11.6 Å². The molecule has 2 rings (SSSR count). The molecule has 0 aromatic carbocycles. The zero-order chi connectivity index (χ0) is 10.6. The molecule has 2 aromatic rings. The Hall–Kier alpha value is -1.64. The van der Waals surface area contributed by atoms with E-state index in [2.05, 4.69) is 9.97 Å². The topological polar surface area (TPSA) is 45.8 Å². The fourth-order valence-corrected chi connectivity index (χ4v) is 1.22. The molecule has 0 radical (unpaired) electrons. The fourth-order valence-electron chi connectivity index (χ4n) is 1.22. The maximum Gasteiger partial charge on any atom is 0.168 e. The monoisotopic (exact) mass is 190 g/mol. The molecule has 2 heterocycles. The summed E-state index contributed by atoms with van der Waals surface area (Å²) in [5.41, 5.74) is 2.39. The average Bonchev–Trinajstić information content (AvgIpc) is 2.63. The third-order valence-corrected chi connectivity index (χ3v) is 1.89. The van der Waals surface area contributed by atoms with Crippen molar-refractivity contribution in [3.05, 3.63) is 29.6 Å². The minimum absolute atomic E-state index is 0.462. The van der Waals surface area contributed by atoms with Crippen molar-refractivity contribution >= 4 is 17.3 Å². The molecule has 0 aliphatic heterocycles. The van der Waals surface area contributed by atoms with Crippen molar-refractivity contribution < 1.29 is 4.79 Å². The fraction of sp³-hybridized carbons (Fsp3) is 0.273. The molecule has 0 spiro atoms. The number of nitrogens with one attached hydrogen (secondary N) is 1. The highest BCUT2D eigenvalue weighted by atomic mass is 16.1. The van der Waals surface area contributed by atoms with Crippen molar-refractivity contribution in [1.29, 1.82) is 0 Å². The van der Waals surface area contributed by atoms with Gasteiger partial charge in [-0.2, -0.15) is 0 Å². The first-order valence-corrected chi connectivity index (χ1v) is 4.71. The van der Waals surface area contributed by atoms with Gasteiger partial charge in [-0.3, -0.25) is 4.79 Å². The van der Waals surface area contributed by atoms with E-state index in [9.17, 15) is 4.79 Å². The number of hydrogen-bond acceptors (Lipinski definition) is 2. The van der Waals surface area contributed by atoms with Crippen LogP contribution in [0, 0.1) is 6.92 Å². The number of aromatic nitrogens is 2. The van der Waals surface area contributed by atoms with E-state index in [1.807, 2.05) is 33.0 Å². The Morgan fingerprint density at radius 3 is 2.71 bits per heavy atom. The Balaban J connectivity index is 0.000000461. The first-order chi connectivity index (χ1) is 6.81. The molecule has 0 unspecified atom stereocenters. The van der Waals surface area contributed by atoms with Gasteiger partial charge in [-0.25, -0.2) is 4.98 Å². The van der Waals surface area contributed by atoms with Crippen LogP contribution in [0.15, 0.2) is 18.3 Å². The first kappa shape index (κ1) is 10.4. The summed E-state index contributed by atoms with van der Waals surface area (Å²) in [7, 11) is 0. The van der Waals surface area contributed by atoms with Gasteiger partial charge < -0.3 is 4.98 Å². The number of nitrogens with zero attached hydrogens (tertiary/aromatic N) is 1. The summed E-state index contributed by atoms with van der Waals surface area (Å²) in [6.45, 7) is 6.00. The van der Waals surface area contributed by atoms with Crippen LogP contribution in [0.4, 0.5) is 0 Å². The summed E-state index contributed by atoms with van der Waals surface area (Å²) in [6.07, 6.45) is 2.63. The number of aldehydes is 1. The lowest BCUT2D eigenvalue weighted by Gasteiger charge is -1.91. The van der Waals surface area contributed by atoms with E-state index in [-0.39, 0.29) is 0 Å². The third kappa shape index (κ3) is 1.82. The van der Waals surface area contributed by atoms with Crippen LogP contribution in [0.3, 0.4) is 0 Å². The summed E-state index contributed by atoms with van der Waals surface area (Å²) >= 11 is 0. The largest absolute Gasteiger partial charge is 0.346 e. The van der Waals surface area contributed by atoms with Crippen molar-refractivity contribution in [3.63, 3.8) is 0 Å². The predicted octanol–water partition coefficient (Wildman–Crippen LogP) is 2.71. The van der Waals surface area contributed by atoms with Crippen LogP contribution >= 0.6 is 0 Å². The van der Waals surface area contributed by atoms with Crippen molar-refractivity contribution in [3.8, 4) is 0 Å². The average molecular weight is 190 g/mol. The molecule has 0 fully saturated rings. The number of carbonyl (C=O) groups excluding carboxylic acids is 1. The lowest BCUT2D eigenvalue weighted by Crippen LogP contribution is -1.85. The minimum Gasteiger partial charge on any atom is -0.346 e. The van der Waals surface area contributed by atoms with Gasteiger partial charge in [0.25, 0.3) is 0 Å². The van der Waals surface area contributed by atoms with Crippen LogP contribution in [-0.4, -0.2) is 16.3 Å². The van der Waals surface area contributed by atoms with Gasteiger partial charge in [0.1, 0.15) is 11.3 Å². The Morgan fingerprint density at radius 1 is 1.36 bits per heavy atom. The zero-order valence-electron chi connectivity index (χ0n) is 8.66. The van der Waals surface area contributed by atoms with Gasteiger partial charge in [0.05, 0.1) is 0 Å². The molecule has 3 nitrogen and oxygen atoms in total. The van der Waals surface area contributed by atoms with Crippen LogP contribution in [-0.2, 0) is 0 Å². The highest BCUT2D eigenvalue weighted by Gasteiger charge is 2.00. The number of carbonyl (C=O) groups is 1. The highest BCUT2D eigenvalue weighted by Crippen LogP contribution is 2.14. The summed E-state index contributed by atoms with van der Waals surface area (Å²) in [5, 5.41) is 1.07. The Morgan fingerprint density at radius 2 is 2.07 bits per heavy atom. The molecule has 0 aliphatic carbocycles. The smallest absolute Gasteiger partial charge is 0.168 e. The summed E-state index contributed by atoms with van der Waals surface area (Å²) in [6, 6.07) is 3.62. The van der Waals surface area contributed by atoms with E-state index in [4.69, 9.17) is 0 Å². The standard InChI is InChI=1S/C9H8N2O.C2H6/c1-6-4-10-9-8(6)3-2-7(5-12)11-9;1-2/h2-5H,1H3,(H,10,11);1-2H3. The lowest BCUT2D eigenvalue weighted by atomic mass is 10.2. The van der Waals surface area contributed by atoms with Gasteiger partial charge >= 0.3 is 0 Å². The molecule has 0 aliphatic rings. The van der Waals surface area contributed by atoms with Crippen molar-refractivity contribution in [2.75, 3.05) is 0 Å². The second kappa shape index (κ2) is 4.56. The first-order valence-electron chi connectivity index (χ1n) is 4.71. The molecular formula is C11H14N2O. The molecule has 74 valence electrons. The van der Waals surface area contributed by atoms with Gasteiger partial charge in [-0.05, 0) is 24.6 Å². The van der Waals surface area contributed by atoms with E-state index >= 15 is 0 Å². The Labute approximate surface area is 83.2 Å². The molecular weight excluding hydrogens is 176 g/mol. The number of aromatic amines is 1. The molecule has 0 amide bonds. The van der Waals surface area contributed by atoms with Crippen LogP contribution in [0.25, 0.3) is 11.0 Å². The predicted molar refractivity (Wildman–Crippen MR) is 57.6 cm³/mol. The maximum absolute atomic E-state index is 10.4. The number of hydrogen-bond donors (Lipinski definition) is 1. The van der Waals surface area contributed by atoms with E-state index in [0.29, 0.717) is 5.69 Å². The third-order valence-electron chi connectivity index (χ3n) is 1.89. The van der Waals surface area contributed by atoms with Crippen LogP contribution in [0.1, 0.15) is 29.9 Å². The summed E-state index contributed by atoms with van der Waals surface area (Å²) in [5.74, 6) is 0. The van der Waals surface area contributed by atoms with E-state index in [1.165, 1.54) is 0 Å². The molecule has 0 bridgehead atoms. The van der Waals surface area contributed by atoms with E-state index < -0.39 is 0 Å². The van der Waals surface area contributed by atoms with Crippen LogP contribution in [0.5, 0.6) is 0 Å². The Kier molecular flexibility index (Phi) is 3.40. The van der Waals surface area contributed by atoms with Gasteiger partial charge in [-0.1, -0.05) is 13.8 Å². The van der Waals surface area contributed by atoms with Gasteiger partial charge in [0.2, 0.25) is 0 Å². The number of rotatable bonds is 1. The normalized spacial score (nSPS) is 9.36. The summed E-state index contributed by atoms with van der Waals surface area (Å²) in [4.78, 5) is 17.5. The van der Waals surface area contributed by atoms with E-state index in [0.717, 1.165) is 22.9 Å². The van der Waals surface area contributed by atoms with Crippen LogP contribution in [0.2, 0.25) is 0 Å². The molecule has 0 saturated heterocycles. The molecule has 1 N–H and O–H groups in total. The zero-order valence-corrected chi connectivity index (χ0v) is 8.66. The Bertz CT molecular complexity index is 432. The summed E-state index contributed by atoms with van der Waals surface area (Å²) < 4.78 is 0. The van der Waals surface area contributed by atoms with Crippen molar-refractivity contribution in [2.24, 2.45) is 0 Å². The second-order valence-electron chi connectivity index (χ2n) is 2.72. The number of fused-ring (bicyclic) bond motifs is 1. The van der Waals surface area contributed by atoms with Gasteiger partial charge in [-0.15, -0.1) is 0 Å². The second-order valence-corrected chi connectivity index (χ2v) is 2.72. The number of H-pyrrole nitrogens is 1. The van der Waals surface area contributed by atoms with E-state index in [1.54, 1.807) is 6.07 Å². The molecule has 3 heteroatoms. The highest BCUT2D eigenvalue weighted by molar-refractivity contribution is 5.83. The quantitative estimate of drug-likeness (QED) is 0.703. The molecule has 0 saturated carbocycles. The van der Waals surface area contributed by atoms with Crippen molar-refractivity contribution in [2.45, 2.75) is 20.8 Å². The lowest BCUT2D eigenvalue weighted by molar-refractivity contribution is 0.111. The van der Waals surface area contributed by atoms with Crippen molar-refractivity contribution in [1.82, 2.24) is 9.97 Å². The SMILES string of the molecule is CC.Cc1c[nH]c2nc(C=O)ccc12. The number of pyridine rings is 1. The molecule has 2 aromatic heterocycles. The molecule has 0 atom stereocenters. The van der Waals surface area contributed by atoms with Crippen LogP contribution < -0.4 is 0 Å². The number of aryl methyl sites for hydroxylation is 1. The molecule has 14 heavy (non-hydrogen) atoms. The van der Waals surface area contributed by atoms with Gasteiger partial charge in [0.15, 0.2) is 6.29 Å².